The molecule has 2 N–H and O–H groups in total. The molecular weight excluding hydrogens is 362 g/mol. The molecule has 0 heterocycles. The van der Waals surface area contributed by atoms with Crippen LogP contribution in [0.1, 0.15) is 38.2 Å². The number of carbonyl (C=O) groups excluding carboxylic acids is 2. The first kappa shape index (κ1) is 20.0. The number of nitrogens with one attached hydrogen (secondary N) is 2. The van der Waals surface area contributed by atoms with Gasteiger partial charge in [0.1, 0.15) is 11.6 Å². The van der Waals surface area contributed by atoms with E-state index >= 15 is 0 Å². The summed E-state index contributed by atoms with van der Waals surface area (Å²) in [6.07, 6.45) is 3.26. The lowest BCUT2D eigenvalue weighted by Crippen LogP contribution is -2.32. The van der Waals surface area contributed by atoms with Crippen molar-refractivity contribution in [2.45, 2.75) is 39.0 Å². The van der Waals surface area contributed by atoms with Crippen molar-refractivity contribution in [1.82, 2.24) is 0 Å². The molecule has 1 aliphatic rings. The molecule has 1 fully saturated rings. The highest BCUT2D eigenvalue weighted by atomic mass is 19.1. The summed E-state index contributed by atoms with van der Waals surface area (Å²) in [6.45, 7) is 2.08. The van der Waals surface area contributed by atoms with E-state index in [2.05, 4.69) is 17.6 Å². The van der Waals surface area contributed by atoms with Gasteiger partial charge in [-0.25, -0.2) is 8.78 Å². The fourth-order valence-corrected chi connectivity index (χ4v) is 3.51. The van der Waals surface area contributed by atoms with Crippen molar-refractivity contribution < 1.29 is 18.4 Å². The van der Waals surface area contributed by atoms with Gasteiger partial charge in [0.2, 0.25) is 11.8 Å². The van der Waals surface area contributed by atoms with E-state index < -0.39 is 11.6 Å². The predicted octanol–water partition coefficient (Wildman–Crippen LogP) is 4.91. The molecule has 2 aromatic carbocycles. The summed E-state index contributed by atoms with van der Waals surface area (Å²) in [6, 6.07) is 10.8. The van der Waals surface area contributed by atoms with Crippen LogP contribution >= 0.6 is 0 Å². The summed E-state index contributed by atoms with van der Waals surface area (Å²) in [5.41, 5.74) is 1.96. The summed E-state index contributed by atoms with van der Waals surface area (Å²) in [5.74, 6) is -2.23. The number of hydrogen-bond acceptors (Lipinski definition) is 2. The Morgan fingerprint density at radius 3 is 2.00 bits per heavy atom. The number of benzene rings is 2. The van der Waals surface area contributed by atoms with Crippen molar-refractivity contribution in [3.05, 3.63) is 59.7 Å². The summed E-state index contributed by atoms with van der Waals surface area (Å²) in [7, 11) is 0. The zero-order valence-electron chi connectivity index (χ0n) is 15.8. The Balaban J connectivity index is 1.50. The van der Waals surface area contributed by atoms with Gasteiger partial charge >= 0.3 is 0 Å². The first-order chi connectivity index (χ1) is 13.5. The Kier molecular flexibility index (Phi) is 6.39. The molecule has 0 atom stereocenters. The average Bonchev–Trinajstić information content (AvgIpc) is 2.70. The van der Waals surface area contributed by atoms with Crippen molar-refractivity contribution in [3.8, 4) is 0 Å². The Hall–Kier alpha value is -2.76. The quantitative estimate of drug-likeness (QED) is 0.767. The summed E-state index contributed by atoms with van der Waals surface area (Å²) in [4.78, 5) is 24.8. The Morgan fingerprint density at radius 1 is 0.893 bits per heavy atom. The molecule has 1 saturated carbocycles. The zero-order valence-corrected chi connectivity index (χ0v) is 15.8. The number of carbonyl (C=O) groups is 2. The molecule has 0 spiro atoms. The van der Waals surface area contributed by atoms with Crippen LogP contribution in [0.2, 0.25) is 0 Å². The van der Waals surface area contributed by atoms with Crippen molar-refractivity contribution in [3.63, 3.8) is 0 Å². The van der Waals surface area contributed by atoms with Crippen molar-refractivity contribution in [2.75, 3.05) is 10.6 Å². The summed E-state index contributed by atoms with van der Waals surface area (Å²) in [5, 5.41) is 5.46. The van der Waals surface area contributed by atoms with Gasteiger partial charge in [-0.2, -0.15) is 0 Å². The molecular formula is C22H24F2N2O2. The minimum absolute atomic E-state index is 0.0261. The Morgan fingerprint density at radius 2 is 1.46 bits per heavy atom. The molecule has 148 valence electrons. The monoisotopic (exact) mass is 386 g/mol. The Labute approximate surface area is 163 Å². The van der Waals surface area contributed by atoms with E-state index in [0.717, 1.165) is 24.2 Å². The van der Waals surface area contributed by atoms with E-state index in [1.165, 1.54) is 11.6 Å². The van der Waals surface area contributed by atoms with Crippen LogP contribution < -0.4 is 10.6 Å². The second kappa shape index (κ2) is 8.95. The fourth-order valence-electron chi connectivity index (χ4n) is 3.51. The molecule has 0 unspecified atom stereocenters. The van der Waals surface area contributed by atoms with Crippen molar-refractivity contribution >= 4 is 23.2 Å². The van der Waals surface area contributed by atoms with E-state index in [-0.39, 0.29) is 29.3 Å². The van der Waals surface area contributed by atoms with Crippen molar-refractivity contribution in [1.29, 1.82) is 0 Å². The lowest BCUT2D eigenvalue weighted by molar-refractivity contribution is -0.125. The van der Waals surface area contributed by atoms with Gasteiger partial charge in [-0.3, -0.25) is 9.59 Å². The highest BCUT2D eigenvalue weighted by Gasteiger charge is 2.30. The number of halogens is 2. The zero-order chi connectivity index (χ0) is 20.1. The second-order valence-electron chi connectivity index (χ2n) is 7.20. The van der Waals surface area contributed by atoms with Crippen LogP contribution in [-0.4, -0.2) is 11.8 Å². The molecule has 1 aliphatic carbocycles. The van der Waals surface area contributed by atoms with Crippen LogP contribution in [0.5, 0.6) is 0 Å². The van der Waals surface area contributed by atoms with Crippen LogP contribution in [0.3, 0.4) is 0 Å². The predicted molar refractivity (Wildman–Crippen MR) is 105 cm³/mol. The largest absolute Gasteiger partial charge is 0.326 e. The maximum Gasteiger partial charge on any atom is 0.227 e. The highest BCUT2D eigenvalue weighted by Crippen LogP contribution is 2.31. The molecule has 0 bridgehead atoms. The molecule has 6 heteroatoms. The Bertz CT molecular complexity index is 844. The van der Waals surface area contributed by atoms with Crippen LogP contribution in [-0.2, 0) is 16.0 Å². The highest BCUT2D eigenvalue weighted by molar-refractivity contribution is 5.94. The van der Waals surface area contributed by atoms with Gasteiger partial charge in [0.05, 0.1) is 5.69 Å². The number of anilines is 2. The standard InChI is InChI=1S/C22H24F2N2O2/c1-2-14-3-10-18(11-4-14)25-21(27)15-5-7-16(8-6-15)22(28)26-20-12-9-17(23)13-19(20)24/h3-4,9-13,15-16H,2,5-8H2,1H3,(H,25,27)(H,26,28). The van der Waals surface area contributed by atoms with E-state index in [1.54, 1.807) is 0 Å². The van der Waals surface area contributed by atoms with Crippen LogP contribution in [0.4, 0.5) is 20.2 Å². The third kappa shape index (κ3) is 4.94. The number of amides is 2. The first-order valence-corrected chi connectivity index (χ1v) is 9.62. The van der Waals surface area contributed by atoms with E-state index in [0.29, 0.717) is 25.7 Å². The molecule has 2 amide bonds. The molecule has 28 heavy (non-hydrogen) atoms. The number of rotatable bonds is 5. The second-order valence-corrected chi connectivity index (χ2v) is 7.20. The van der Waals surface area contributed by atoms with E-state index in [4.69, 9.17) is 0 Å². The normalized spacial score (nSPS) is 19.1. The third-order valence-corrected chi connectivity index (χ3v) is 5.29. The lowest BCUT2D eigenvalue weighted by atomic mass is 9.81. The minimum atomic E-state index is -0.796. The maximum atomic E-state index is 13.7. The van der Waals surface area contributed by atoms with Gasteiger partial charge in [-0.15, -0.1) is 0 Å². The van der Waals surface area contributed by atoms with Crippen molar-refractivity contribution in [2.24, 2.45) is 11.8 Å². The van der Waals surface area contributed by atoms with E-state index in [1.807, 2.05) is 24.3 Å². The molecule has 0 aliphatic heterocycles. The summed E-state index contributed by atoms with van der Waals surface area (Å²) >= 11 is 0. The van der Waals surface area contributed by atoms with Gasteiger partial charge in [0, 0.05) is 23.6 Å². The van der Waals surface area contributed by atoms with Crippen LogP contribution in [0.25, 0.3) is 0 Å². The molecule has 2 aromatic rings. The molecule has 0 aromatic heterocycles. The molecule has 3 rings (SSSR count). The maximum absolute atomic E-state index is 13.7. The van der Waals surface area contributed by atoms with Crippen LogP contribution in [0, 0.1) is 23.5 Å². The van der Waals surface area contributed by atoms with Gasteiger partial charge < -0.3 is 10.6 Å². The van der Waals surface area contributed by atoms with Gasteiger partial charge in [-0.05, 0) is 61.9 Å². The third-order valence-electron chi connectivity index (χ3n) is 5.29. The van der Waals surface area contributed by atoms with Gasteiger partial charge in [-0.1, -0.05) is 19.1 Å². The fraction of sp³-hybridized carbons (Fsp3) is 0.364. The van der Waals surface area contributed by atoms with Crippen LogP contribution in [0.15, 0.2) is 42.5 Å². The topological polar surface area (TPSA) is 58.2 Å². The SMILES string of the molecule is CCc1ccc(NC(=O)C2CCC(C(=O)Nc3ccc(F)cc3F)CC2)cc1. The molecule has 4 nitrogen and oxygen atoms in total. The van der Waals surface area contributed by atoms with E-state index in [9.17, 15) is 18.4 Å². The van der Waals surface area contributed by atoms with Gasteiger partial charge in [0.15, 0.2) is 0 Å². The smallest absolute Gasteiger partial charge is 0.227 e. The lowest BCUT2D eigenvalue weighted by Gasteiger charge is -2.27. The minimum Gasteiger partial charge on any atom is -0.326 e. The number of aryl methyl sites for hydroxylation is 1. The molecule has 0 radical (unpaired) electrons. The van der Waals surface area contributed by atoms with Gasteiger partial charge in [0.25, 0.3) is 0 Å². The first-order valence-electron chi connectivity index (χ1n) is 9.62. The summed E-state index contributed by atoms with van der Waals surface area (Å²) < 4.78 is 26.7. The number of hydrogen-bond donors (Lipinski definition) is 2. The molecule has 0 saturated heterocycles. The average molecular weight is 386 g/mol.